The van der Waals surface area contributed by atoms with Crippen LogP contribution in [0.5, 0.6) is 0 Å². The monoisotopic (exact) mass is 230 g/mol. The molecule has 1 aromatic carbocycles. The van der Waals surface area contributed by atoms with Crippen molar-refractivity contribution in [3.05, 3.63) is 29.6 Å². The summed E-state index contributed by atoms with van der Waals surface area (Å²) in [5.74, 6) is 2.01. The molecule has 0 amide bonds. The van der Waals surface area contributed by atoms with Crippen LogP contribution in [0.1, 0.15) is 31.2 Å². The number of nitrogens with two attached hydrogens (primary N) is 1. The molecule has 0 fully saturated rings. The molecule has 2 rings (SSSR count). The average molecular weight is 230 g/mol. The summed E-state index contributed by atoms with van der Waals surface area (Å²) in [6, 6.07) is 5.88. The summed E-state index contributed by atoms with van der Waals surface area (Å²) in [5.41, 5.74) is 8.87. The first-order valence-corrected chi connectivity index (χ1v) is 5.77. The van der Waals surface area contributed by atoms with Crippen molar-refractivity contribution in [3.8, 4) is 11.4 Å². The number of hydrogen-bond donors (Lipinski definition) is 1. The van der Waals surface area contributed by atoms with Crippen molar-refractivity contribution in [1.82, 2.24) is 14.8 Å². The lowest BCUT2D eigenvalue weighted by Crippen LogP contribution is -2.00. The molecule has 0 aliphatic rings. The van der Waals surface area contributed by atoms with Gasteiger partial charge in [0, 0.05) is 24.2 Å². The Balaban J connectivity index is 2.61. The van der Waals surface area contributed by atoms with E-state index in [1.165, 1.54) is 0 Å². The lowest BCUT2D eigenvalue weighted by atomic mass is 10.1. The van der Waals surface area contributed by atoms with E-state index < -0.39 is 0 Å². The molecule has 4 nitrogen and oxygen atoms in total. The summed E-state index contributed by atoms with van der Waals surface area (Å²) < 4.78 is 1.80. The molecule has 0 saturated heterocycles. The Morgan fingerprint density at radius 1 is 1.29 bits per heavy atom. The Morgan fingerprint density at radius 2 is 2.00 bits per heavy atom. The van der Waals surface area contributed by atoms with Gasteiger partial charge in [0.25, 0.3) is 0 Å². The Morgan fingerprint density at radius 3 is 2.53 bits per heavy atom. The topological polar surface area (TPSA) is 56.7 Å². The average Bonchev–Trinajstić information content (AvgIpc) is 2.61. The van der Waals surface area contributed by atoms with Crippen LogP contribution >= 0.6 is 0 Å². The van der Waals surface area contributed by atoms with Crippen molar-refractivity contribution >= 4 is 5.69 Å². The van der Waals surface area contributed by atoms with Crippen LogP contribution in [0, 0.1) is 6.92 Å². The fourth-order valence-electron chi connectivity index (χ4n) is 1.86. The van der Waals surface area contributed by atoms with Crippen LogP contribution in [0.4, 0.5) is 5.69 Å². The summed E-state index contributed by atoms with van der Waals surface area (Å²) in [7, 11) is 1.90. The van der Waals surface area contributed by atoms with E-state index >= 15 is 0 Å². The second-order valence-electron chi connectivity index (χ2n) is 4.61. The number of anilines is 1. The predicted molar refractivity (Wildman–Crippen MR) is 69.7 cm³/mol. The molecule has 90 valence electrons. The highest BCUT2D eigenvalue weighted by molar-refractivity contribution is 5.74. The van der Waals surface area contributed by atoms with Crippen LogP contribution in [0.2, 0.25) is 0 Å². The van der Waals surface area contributed by atoms with Crippen molar-refractivity contribution in [2.24, 2.45) is 7.05 Å². The lowest BCUT2D eigenvalue weighted by molar-refractivity contribution is 0.712. The Labute approximate surface area is 101 Å². The minimum Gasteiger partial charge on any atom is -0.398 e. The van der Waals surface area contributed by atoms with E-state index in [9.17, 15) is 0 Å². The molecule has 0 saturated carbocycles. The summed E-state index contributed by atoms with van der Waals surface area (Å²) in [6.07, 6.45) is 0. The Hall–Kier alpha value is -1.84. The first kappa shape index (κ1) is 11.6. The number of nitrogens with zero attached hydrogens (tertiary/aromatic N) is 3. The molecule has 0 spiro atoms. The Kier molecular flexibility index (Phi) is 2.88. The number of aryl methyl sites for hydroxylation is 2. The van der Waals surface area contributed by atoms with E-state index in [4.69, 9.17) is 5.73 Å². The normalized spacial score (nSPS) is 11.1. The fraction of sp³-hybridized carbons (Fsp3) is 0.385. The molecule has 17 heavy (non-hydrogen) atoms. The van der Waals surface area contributed by atoms with Gasteiger partial charge in [0.2, 0.25) is 0 Å². The lowest BCUT2D eigenvalue weighted by Gasteiger charge is -2.07. The van der Waals surface area contributed by atoms with E-state index in [1.54, 1.807) is 4.68 Å². The first-order valence-electron chi connectivity index (χ1n) is 5.77. The molecular weight excluding hydrogens is 212 g/mol. The zero-order valence-electron chi connectivity index (χ0n) is 10.7. The third-order valence-electron chi connectivity index (χ3n) is 2.82. The van der Waals surface area contributed by atoms with Crippen LogP contribution in [0.25, 0.3) is 11.4 Å². The van der Waals surface area contributed by atoms with Crippen LogP contribution in [-0.2, 0) is 7.05 Å². The zero-order valence-corrected chi connectivity index (χ0v) is 10.7. The van der Waals surface area contributed by atoms with Gasteiger partial charge in [-0.1, -0.05) is 26.0 Å². The number of aromatic nitrogens is 3. The smallest absolute Gasteiger partial charge is 0.160 e. The molecule has 0 aliphatic carbocycles. The molecule has 4 heteroatoms. The molecule has 0 radical (unpaired) electrons. The molecular formula is C13H18N4. The number of benzene rings is 1. The largest absolute Gasteiger partial charge is 0.398 e. The maximum atomic E-state index is 6.03. The second kappa shape index (κ2) is 4.20. The van der Waals surface area contributed by atoms with Crippen LogP contribution < -0.4 is 5.73 Å². The molecule has 0 aliphatic heterocycles. The van der Waals surface area contributed by atoms with Crippen molar-refractivity contribution in [1.29, 1.82) is 0 Å². The second-order valence-corrected chi connectivity index (χ2v) is 4.61. The highest BCUT2D eigenvalue weighted by atomic mass is 15.3. The quantitative estimate of drug-likeness (QED) is 0.806. The van der Waals surface area contributed by atoms with E-state index in [0.29, 0.717) is 5.92 Å². The van der Waals surface area contributed by atoms with Crippen LogP contribution in [0.15, 0.2) is 18.2 Å². The van der Waals surface area contributed by atoms with Crippen molar-refractivity contribution in [2.45, 2.75) is 26.7 Å². The fourth-order valence-corrected chi connectivity index (χ4v) is 1.86. The minimum absolute atomic E-state index is 0.320. The maximum absolute atomic E-state index is 6.03. The molecule has 0 unspecified atom stereocenters. The highest BCUT2D eigenvalue weighted by Crippen LogP contribution is 2.28. The van der Waals surface area contributed by atoms with E-state index in [-0.39, 0.29) is 0 Å². The van der Waals surface area contributed by atoms with Crippen LogP contribution in [-0.4, -0.2) is 14.8 Å². The standard InChI is InChI=1S/C13H18N4/c1-8(2)12-15-13(17(4)16-12)11-9(3)6-5-7-10(11)14/h5-8H,14H2,1-4H3. The summed E-state index contributed by atoms with van der Waals surface area (Å²) >= 11 is 0. The molecule has 2 aromatic rings. The third kappa shape index (κ3) is 2.02. The van der Waals surface area contributed by atoms with E-state index in [0.717, 1.165) is 28.5 Å². The number of hydrogen-bond acceptors (Lipinski definition) is 3. The highest BCUT2D eigenvalue weighted by Gasteiger charge is 2.15. The number of rotatable bonds is 2. The van der Waals surface area contributed by atoms with Gasteiger partial charge in [-0.3, -0.25) is 0 Å². The predicted octanol–water partition coefficient (Wildman–Crippen LogP) is 2.50. The van der Waals surface area contributed by atoms with Crippen molar-refractivity contribution in [3.63, 3.8) is 0 Å². The Bertz CT molecular complexity index is 520. The molecule has 0 bridgehead atoms. The molecule has 2 N–H and O–H groups in total. The molecule has 1 heterocycles. The van der Waals surface area contributed by atoms with Gasteiger partial charge < -0.3 is 5.73 Å². The SMILES string of the molecule is Cc1cccc(N)c1-c1nc(C(C)C)nn1C. The summed E-state index contributed by atoms with van der Waals surface area (Å²) in [5, 5.41) is 4.42. The van der Waals surface area contributed by atoms with E-state index in [1.807, 2.05) is 32.2 Å². The van der Waals surface area contributed by atoms with Gasteiger partial charge in [-0.05, 0) is 18.6 Å². The number of nitrogen functional groups attached to an aromatic ring is 1. The van der Waals surface area contributed by atoms with Gasteiger partial charge in [-0.25, -0.2) is 9.67 Å². The molecule has 1 aromatic heterocycles. The van der Waals surface area contributed by atoms with Gasteiger partial charge >= 0.3 is 0 Å². The van der Waals surface area contributed by atoms with Crippen molar-refractivity contribution < 1.29 is 0 Å². The van der Waals surface area contributed by atoms with Gasteiger partial charge in [0.1, 0.15) is 0 Å². The van der Waals surface area contributed by atoms with Crippen molar-refractivity contribution in [2.75, 3.05) is 5.73 Å². The third-order valence-corrected chi connectivity index (χ3v) is 2.82. The van der Waals surface area contributed by atoms with Gasteiger partial charge in [-0.15, -0.1) is 0 Å². The van der Waals surface area contributed by atoms with E-state index in [2.05, 4.69) is 23.9 Å². The summed E-state index contributed by atoms with van der Waals surface area (Å²) in [4.78, 5) is 4.57. The van der Waals surface area contributed by atoms with Gasteiger partial charge in [-0.2, -0.15) is 5.10 Å². The van der Waals surface area contributed by atoms with Crippen LogP contribution in [0.3, 0.4) is 0 Å². The molecule has 0 atom stereocenters. The summed E-state index contributed by atoms with van der Waals surface area (Å²) in [6.45, 7) is 6.20. The minimum atomic E-state index is 0.320. The van der Waals surface area contributed by atoms with Gasteiger partial charge in [0.15, 0.2) is 11.6 Å². The maximum Gasteiger partial charge on any atom is 0.160 e. The first-order chi connectivity index (χ1) is 8.00. The van der Waals surface area contributed by atoms with Gasteiger partial charge in [0.05, 0.1) is 0 Å². The zero-order chi connectivity index (χ0) is 12.6.